The molecule has 0 unspecified atom stereocenters. The van der Waals surface area contributed by atoms with Gasteiger partial charge in [0.25, 0.3) is 0 Å². The van der Waals surface area contributed by atoms with Crippen molar-refractivity contribution >= 4 is 23.5 Å². The van der Waals surface area contributed by atoms with Gasteiger partial charge in [0.2, 0.25) is 0 Å². The van der Waals surface area contributed by atoms with Crippen LogP contribution in [0.3, 0.4) is 0 Å². The quantitative estimate of drug-likeness (QED) is 0.651. The molecule has 0 radical (unpaired) electrons. The van der Waals surface area contributed by atoms with E-state index in [4.69, 9.17) is 6.42 Å². The predicted octanol–water partition coefficient (Wildman–Crippen LogP) is 5.18. The average molecular weight is 283 g/mol. The molecule has 1 aliphatic heterocycles. The van der Waals surface area contributed by atoms with Gasteiger partial charge in [-0.25, -0.2) is 0 Å². The Morgan fingerprint density at radius 1 is 1.17 bits per heavy atom. The number of thioether (sulfide) groups is 2. The highest BCUT2D eigenvalue weighted by atomic mass is 32.2. The van der Waals surface area contributed by atoms with E-state index in [0.717, 1.165) is 5.92 Å². The molecule has 0 bridgehead atoms. The normalized spacial score (nSPS) is 31.8. The van der Waals surface area contributed by atoms with Gasteiger partial charge in [-0.15, -0.1) is 35.9 Å². The van der Waals surface area contributed by atoms with Crippen LogP contribution in [0.25, 0.3) is 0 Å². The molecule has 2 rings (SSSR count). The van der Waals surface area contributed by atoms with Crippen LogP contribution < -0.4 is 0 Å². The maximum Gasteiger partial charge on any atom is 0.0639 e. The summed E-state index contributed by atoms with van der Waals surface area (Å²) < 4.78 is 0.549. The van der Waals surface area contributed by atoms with Crippen LogP contribution in [-0.4, -0.2) is 15.6 Å². The molecular weight excluding hydrogens is 256 g/mol. The SMILES string of the molecule is C#CC1CCC(C2(CCCC)SCCCS2)CC1. The third-order valence-electron chi connectivity index (χ3n) is 4.45. The van der Waals surface area contributed by atoms with Crippen molar-refractivity contribution in [2.24, 2.45) is 11.8 Å². The molecule has 0 nitrogen and oxygen atoms in total. The van der Waals surface area contributed by atoms with Gasteiger partial charge in [0.15, 0.2) is 0 Å². The number of hydrogen-bond donors (Lipinski definition) is 0. The van der Waals surface area contributed by atoms with Crippen molar-refractivity contribution in [1.29, 1.82) is 0 Å². The summed E-state index contributed by atoms with van der Waals surface area (Å²) >= 11 is 4.55. The third-order valence-corrected chi connectivity index (χ3v) is 8.19. The highest BCUT2D eigenvalue weighted by Crippen LogP contribution is 2.55. The Kier molecular flexibility index (Phi) is 5.83. The molecule has 0 aromatic rings. The molecule has 0 atom stereocenters. The van der Waals surface area contributed by atoms with E-state index in [1.165, 1.54) is 62.9 Å². The zero-order valence-electron chi connectivity index (χ0n) is 11.6. The van der Waals surface area contributed by atoms with Gasteiger partial charge in [0, 0.05) is 5.92 Å². The summed E-state index contributed by atoms with van der Waals surface area (Å²) in [7, 11) is 0. The van der Waals surface area contributed by atoms with Crippen LogP contribution in [-0.2, 0) is 0 Å². The van der Waals surface area contributed by atoms with E-state index in [-0.39, 0.29) is 0 Å². The summed E-state index contributed by atoms with van der Waals surface area (Å²) in [5.74, 6) is 7.22. The number of rotatable bonds is 4. The fourth-order valence-electron chi connectivity index (χ4n) is 3.30. The Bertz CT molecular complexity index is 278. The first-order chi connectivity index (χ1) is 8.80. The Morgan fingerprint density at radius 3 is 2.39 bits per heavy atom. The van der Waals surface area contributed by atoms with Gasteiger partial charge >= 0.3 is 0 Å². The number of hydrogen-bond acceptors (Lipinski definition) is 2. The standard InChI is InChI=1S/C16H26S2/c1-3-5-11-16(17-12-6-13-18-16)15-9-7-14(4-2)8-10-15/h2,14-15H,3,5-13H2,1H3. The van der Waals surface area contributed by atoms with Gasteiger partial charge in [-0.2, -0.15) is 0 Å². The highest BCUT2D eigenvalue weighted by molar-refractivity contribution is 8.18. The van der Waals surface area contributed by atoms with E-state index < -0.39 is 0 Å². The summed E-state index contributed by atoms with van der Waals surface area (Å²) in [6, 6.07) is 0. The minimum absolute atomic E-state index is 0.549. The first-order valence-electron chi connectivity index (χ1n) is 7.55. The van der Waals surface area contributed by atoms with Crippen LogP contribution in [0.15, 0.2) is 0 Å². The molecule has 0 spiro atoms. The Hall–Kier alpha value is 0.260. The van der Waals surface area contributed by atoms with Crippen molar-refractivity contribution in [3.8, 4) is 12.3 Å². The van der Waals surface area contributed by atoms with Crippen molar-refractivity contribution in [3.05, 3.63) is 0 Å². The molecule has 0 aromatic carbocycles. The fraction of sp³-hybridized carbons (Fsp3) is 0.875. The lowest BCUT2D eigenvalue weighted by atomic mass is 9.79. The summed E-state index contributed by atoms with van der Waals surface area (Å²) in [6.07, 6.45) is 16.4. The second kappa shape index (κ2) is 7.15. The summed E-state index contributed by atoms with van der Waals surface area (Å²) in [5.41, 5.74) is 0. The second-order valence-electron chi connectivity index (χ2n) is 5.68. The molecule has 1 heterocycles. The van der Waals surface area contributed by atoms with Crippen molar-refractivity contribution in [3.63, 3.8) is 0 Å². The Labute approximate surface area is 121 Å². The third kappa shape index (κ3) is 3.42. The van der Waals surface area contributed by atoms with Gasteiger partial charge in [0.05, 0.1) is 4.08 Å². The lowest BCUT2D eigenvalue weighted by molar-refractivity contribution is 0.287. The maximum absolute atomic E-state index is 5.58. The van der Waals surface area contributed by atoms with Gasteiger partial charge in [-0.1, -0.05) is 19.8 Å². The second-order valence-corrected chi connectivity index (χ2v) is 8.79. The first-order valence-corrected chi connectivity index (χ1v) is 9.52. The first kappa shape index (κ1) is 14.7. The molecule has 2 fully saturated rings. The Balaban J connectivity index is 1.98. The van der Waals surface area contributed by atoms with Crippen molar-refractivity contribution in [1.82, 2.24) is 0 Å². The molecule has 0 N–H and O–H groups in total. The van der Waals surface area contributed by atoms with Gasteiger partial charge in [-0.3, -0.25) is 0 Å². The largest absolute Gasteiger partial charge is 0.144 e. The van der Waals surface area contributed by atoms with Crippen LogP contribution >= 0.6 is 23.5 Å². The summed E-state index contributed by atoms with van der Waals surface area (Å²) in [5, 5.41) is 0. The van der Waals surface area contributed by atoms with E-state index in [9.17, 15) is 0 Å². The minimum atomic E-state index is 0.549. The van der Waals surface area contributed by atoms with E-state index in [0.29, 0.717) is 10.00 Å². The maximum atomic E-state index is 5.58. The van der Waals surface area contributed by atoms with Crippen LogP contribution in [0, 0.1) is 24.2 Å². The van der Waals surface area contributed by atoms with Crippen molar-refractivity contribution < 1.29 is 0 Å². The van der Waals surface area contributed by atoms with Crippen LogP contribution in [0.2, 0.25) is 0 Å². The number of terminal acetylenes is 1. The monoisotopic (exact) mass is 282 g/mol. The van der Waals surface area contributed by atoms with Gasteiger partial charge in [-0.05, 0) is 55.9 Å². The smallest absolute Gasteiger partial charge is 0.0639 e. The Morgan fingerprint density at radius 2 is 1.83 bits per heavy atom. The molecule has 102 valence electrons. The van der Waals surface area contributed by atoms with Crippen molar-refractivity contribution in [2.75, 3.05) is 11.5 Å². The average Bonchev–Trinajstić information content (AvgIpc) is 2.46. The van der Waals surface area contributed by atoms with E-state index in [1.54, 1.807) is 0 Å². The van der Waals surface area contributed by atoms with Crippen LogP contribution in [0.4, 0.5) is 0 Å². The molecule has 1 saturated heterocycles. The van der Waals surface area contributed by atoms with E-state index in [2.05, 4.69) is 36.4 Å². The van der Waals surface area contributed by atoms with Crippen LogP contribution in [0.5, 0.6) is 0 Å². The van der Waals surface area contributed by atoms with Crippen molar-refractivity contribution in [2.45, 2.75) is 62.4 Å². The van der Waals surface area contributed by atoms with Crippen LogP contribution in [0.1, 0.15) is 58.3 Å². The molecular formula is C16H26S2. The van der Waals surface area contributed by atoms with Gasteiger partial charge in [0.1, 0.15) is 0 Å². The highest BCUT2D eigenvalue weighted by Gasteiger charge is 2.41. The lowest BCUT2D eigenvalue weighted by Gasteiger charge is -2.45. The summed E-state index contributed by atoms with van der Waals surface area (Å²) in [6.45, 7) is 2.32. The molecule has 2 heteroatoms. The molecule has 0 aromatic heterocycles. The fourth-order valence-corrected chi connectivity index (χ4v) is 7.10. The van der Waals surface area contributed by atoms with E-state index in [1.807, 2.05) is 0 Å². The molecule has 18 heavy (non-hydrogen) atoms. The summed E-state index contributed by atoms with van der Waals surface area (Å²) in [4.78, 5) is 0. The zero-order valence-corrected chi connectivity index (χ0v) is 13.3. The molecule has 2 aliphatic rings. The lowest BCUT2D eigenvalue weighted by Crippen LogP contribution is -2.36. The van der Waals surface area contributed by atoms with E-state index >= 15 is 0 Å². The minimum Gasteiger partial charge on any atom is -0.144 e. The topological polar surface area (TPSA) is 0 Å². The zero-order chi connectivity index (χ0) is 12.8. The molecule has 0 amide bonds. The molecule has 1 aliphatic carbocycles. The predicted molar refractivity (Wildman–Crippen MR) is 86.1 cm³/mol. The molecule has 1 saturated carbocycles. The number of unbranched alkanes of at least 4 members (excludes halogenated alkanes) is 1. The van der Waals surface area contributed by atoms with Gasteiger partial charge < -0.3 is 0 Å².